The van der Waals surface area contributed by atoms with Crippen LogP contribution >= 0.6 is 0 Å². The van der Waals surface area contributed by atoms with Crippen molar-refractivity contribution in [3.8, 4) is 0 Å². The summed E-state index contributed by atoms with van der Waals surface area (Å²) in [5.74, 6) is 0. The van der Waals surface area contributed by atoms with E-state index >= 15 is 0 Å². The molecule has 1 heterocycles. The van der Waals surface area contributed by atoms with Crippen molar-refractivity contribution in [3.05, 3.63) is 22.6 Å². The number of aryl methyl sites for hydroxylation is 1. The average molecular weight is 239 g/mol. The predicted octanol–water partition coefficient (Wildman–Crippen LogP) is 1.22. The van der Waals surface area contributed by atoms with Crippen molar-refractivity contribution in [2.45, 2.75) is 52.3 Å². The normalized spacial score (nSPS) is 11.9. The van der Waals surface area contributed by atoms with E-state index in [2.05, 4.69) is 10.4 Å². The van der Waals surface area contributed by atoms with Crippen LogP contribution in [-0.2, 0) is 6.54 Å². The van der Waals surface area contributed by atoms with Crippen molar-refractivity contribution >= 4 is 5.69 Å². The molecule has 0 fully saturated rings. The Morgan fingerprint density at radius 2 is 2.18 bits per heavy atom. The first-order valence-corrected chi connectivity index (χ1v) is 5.84. The zero-order valence-corrected chi connectivity index (χ0v) is 10.9. The van der Waals surface area contributed by atoms with E-state index in [1.54, 1.807) is 20.0 Å². The molecule has 0 saturated heterocycles. The van der Waals surface area contributed by atoms with Crippen LogP contribution in [0.2, 0.25) is 0 Å². The molecule has 0 radical (unpaired) electrons. The van der Waals surface area contributed by atoms with Crippen molar-refractivity contribution in [1.82, 2.24) is 9.78 Å². The fourth-order valence-corrected chi connectivity index (χ4v) is 1.39. The summed E-state index contributed by atoms with van der Waals surface area (Å²) in [7, 11) is 0. The second kappa shape index (κ2) is 5.31. The van der Waals surface area contributed by atoms with Gasteiger partial charge in [0.1, 0.15) is 0 Å². The minimum atomic E-state index is -0.782. The van der Waals surface area contributed by atoms with Gasteiger partial charge in [0.2, 0.25) is 0 Å². The third-order valence-corrected chi connectivity index (χ3v) is 2.26. The SMILES string of the molecule is CC(C)Nc1cnn(CCC(C)(C)O)c(=O)c1. The zero-order chi connectivity index (χ0) is 13.1. The van der Waals surface area contributed by atoms with Gasteiger partial charge in [0.05, 0.1) is 17.5 Å². The van der Waals surface area contributed by atoms with Crippen LogP contribution in [-0.4, -0.2) is 26.5 Å². The molecule has 0 atom stereocenters. The second-order valence-electron chi connectivity index (χ2n) is 5.17. The number of anilines is 1. The summed E-state index contributed by atoms with van der Waals surface area (Å²) in [6.45, 7) is 7.85. The number of aromatic nitrogens is 2. The molecule has 0 aliphatic heterocycles. The van der Waals surface area contributed by atoms with E-state index < -0.39 is 5.60 Å². The van der Waals surface area contributed by atoms with Gasteiger partial charge >= 0.3 is 0 Å². The fraction of sp³-hybridized carbons (Fsp3) is 0.667. The molecule has 96 valence electrons. The topological polar surface area (TPSA) is 67.2 Å². The Morgan fingerprint density at radius 1 is 1.53 bits per heavy atom. The molecule has 0 aliphatic carbocycles. The first kappa shape index (κ1) is 13.7. The summed E-state index contributed by atoms with van der Waals surface area (Å²) in [5, 5.41) is 16.8. The molecular formula is C12H21N3O2. The first-order chi connectivity index (χ1) is 7.78. The van der Waals surface area contributed by atoms with Crippen LogP contribution in [0.15, 0.2) is 17.1 Å². The summed E-state index contributed by atoms with van der Waals surface area (Å²) in [6.07, 6.45) is 2.13. The highest BCUT2D eigenvalue weighted by atomic mass is 16.3. The highest BCUT2D eigenvalue weighted by Crippen LogP contribution is 2.08. The van der Waals surface area contributed by atoms with Gasteiger partial charge in [-0.05, 0) is 34.1 Å². The number of hydrogen-bond donors (Lipinski definition) is 2. The molecular weight excluding hydrogens is 218 g/mol. The van der Waals surface area contributed by atoms with Crippen LogP contribution < -0.4 is 10.9 Å². The molecule has 17 heavy (non-hydrogen) atoms. The van der Waals surface area contributed by atoms with Crippen LogP contribution in [0.3, 0.4) is 0 Å². The lowest BCUT2D eigenvalue weighted by atomic mass is 10.1. The fourth-order valence-electron chi connectivity index (χ4n) is 1.39. The summed E-state index contributed by atoms with van der Waals surface area (Å²) in [5.41, 5.74) is -0.208. The van der Waals surface area contributed by atoms with Crippen LogP contribution in [0, 0.1) is 0 Å². The largest absolute Gasteiger partial charge is 0.390 e. The summed E-state index contributed by atoms with van der Waals surface area (Å²) >= 11 is 0. The van der Waals surface area contributed by atoms with Gasteiger partial charge in [-0.2, -0.15) is 5.10 Å². The van der Waals surface area contributed by atoms with E-state index in [1.165, 1.54) is 10.7 Å². The van der Waals surface area contributed by atoms with Gasteiger partial charge in [0.15, 0.2) is 0 Å². The monoisotopic (exact) mass is 239 g/mol. The number of rotatable bonds is 5. The van der Waals surface area contributed by atoms with Gasteiger partial charge in [-0.1, -0.05) is 0 Å². The summed E-state index contributed by atoms with van der Waals surface area (Å²) in [4.78, 5) is 11.7. The van der Waals surface area contributed by atoms with Gasteiger partial charge < -0.3 is 10.4 Å². The standard InChI is InChI=1S/C12H21N3O2/c1-9(2)14-10-7-11(16)15(13-8-10)6-5-12(3,4)17/h7-9,14,17H,5-6H2,1-4H3. The summed E-state index contributed by atoms with van der Waals surface area (Å²) < 4.78 is 1.36. The maximum Gasteiger partial charge on any atom is 0.268 e. The molecule has 0 saturated carbocycles. The lowest BCUT2D eigenvalue weighted by Crippen LogP contribution is -2.28. The maximum absolute atomic E-state index is 11.7. The third-order valence-electron chi connectivity index (χ3n) is 2.26. The first-order valence-electron chi connectivity index (χ1n) is 5.84. The molecule has 2 N–H and O–H groups in total. The minimum absolute atomic E-state index is 0.153. The van der Waals surface area contributed by atoms with Gasteiger partial charge in [0.25, 0.3) is 5.56 Å². The molecule has 0 bridgehead atoms. The maximum atomic E-state index is 11.7. The molecule has 0 unspecified atom stereocenters. The van der Waals surface area contributed by atoms with E-state index in [4.69, 9.17) is 0 Å². The Morgan fingerprint density at radius 3 is 2.65 bits per heavy atom. The van der Waals surface area contributed by atoms with Crippen molar-refractivity contribution in [2.24, 2.45) is 0 Å². The predicted molar refractivity (Wildman–Crippen MR) is 68.2 cm³/mol. The molecule has 5 nitrogen and oxygen atoms in total. The Labute approximate surface area is 101 Å². The number of aliphatic hydroxyl groups is 1. The van der Waals surface area contributed by atoms with Crippen LogP contribution in [0.1, 0.15) is 34.1 Å². The molecule has 0 spiro atoms. The number of nitrogens with one attached hydrogen (secondary N) is 1. The van der Waals surface area contributed by atoms with Gasteiger partial charge in [-0.25, -0.2) is 4.68 Å². The zero-order valence-electron chi connectivity index (χ0n) is 10.9. The van der Waals surface area contributed by atoms with Crippen molar-refractivity contribution in [2.75, 3.05) is 5.32 Å². The number of nitrogens with zero attached hydrogens (tertiary/aromatic N) is 2. The van der Waals surface area contributed by atoms with Gasteiger partial charge in [-0.15, -0.1) is 0 Å². The lowest BCUT2D eigenvalue weighted by molar-refractivity contribution is 0.0646. The number of hydrogen-bond acceptors (Lipinski definition) is 4. The third kappa shape index (κ3) is 4.99. The van der Waals surface area contributed by atoms with E-state index in [1.807, 2.05) is 13.8 Å². The Balaban J connectivity index is 2.73. The van der Waals surface area contributed by atoms with Crippen molar-refractivity contribution in [3.63, 3.8) is 0 Å². The highest BCUT2D eigenvalue weighted by Gasteiger charge is 2.13. The quantitative estimate of drug-likeness (QED) is 0.811. The Kier molecular flexibility index (Phi) is 4.28. The molecule has 0 aliphatic rings. The van der Waals surface area contributed by atoms with E-state index in [9.17, 15) is 9.90 Å². The van der Waals surface area contributed by atoms with Gasteiger partial charge in [-0.3, -0.25) is 4.79 Å². The van der Waals surface area contributed by atoms with E-state index in [0.717, 1.165) is 5.69 Å². The van der Waals surface area contributed by atoms with Crippen LogP contribution in [0.25, 0.3) is 0 Å². The molecule has 0 aromatic carbocycles. The van der Waals surface area contributed by atoms with Gasteiger partial charge in [0, 0.05) is 18.7 Å². The molecule has 1 aromatic rings. The Bertz CT molecular complexity index is 418. The van der Waals surface area contributed by atoms with E-state index in [0.29, 0.717) is 13.0 Å². The molecule has 0 amide bonds. The molecule has 1 rings (SSSR count). The van der Waals surface area contributed by atoms with Crippen molar-refractivity contribution < 1.29 is 5.11 Å². The lowest BCUT2D eigenvalue weighted by Gasteiger charge is -2.17. The summed E-state index contributed by atoms with van der Waals surface area (Å²) in [6, 6.07) is 1.79. The second-order valence-corrected chi connectivity index (χ2v) is 5.17. The smallest absolute Gasteiger partial charge is 0.268 e. The molecule has 1 aromatic heterocycles. The minimum Gasteiger partial charge on any atom is -0.390 e. The average Bonchev–Trinajstić information content (AvgIpc) is 2.13. The Hall–Kier alpha value is -1.36. The highest BCUT2D eigenvalue weighted by molar-refractivity contribution is 5.39. The van der Waals surface area contributed by atoms with Crippen molar-refractivity contribution in [1.29, 1.82) is 0 Å². The molecule has 5 heteroatoms. The van der Waals surface area contributed by atoms with E-state index in [-0.39, 0.29) is 11.6 Å². The van der Waals surface area contributed by atoms with Crippen LogP contribution in [0.4, 0.5) is 5.69 Å². The van der Waals surface area contributed by atoms with Crippen LogP contribution in [0.5, 0.6) is 0 Å².